The molecule has 3 rings (SSSR count). The van der Waals surface area contributed by atoms with Crippen molar-refractivity contribution in [1.82, 2.24) is 10.2 Å². The fraction of sp³-hybridized carbons (Fsp3) is 0.571. The van der Waals surface area contributed by atoms with Crippen LogP contribution in [0.1, 0.15) is 24.8 Å². The van der Waals surface area contributed by atoms with E-state index in [-0.39, 0.29) is 0 Å². The molecular weight excluding hydrogens is 312 g/mol. The zero-order chi connectivity index (χ0) is 12.5. The molecule has 18 heavy (non-hydrogen) atoms. The van der Waals surface area contributed by atoms with Crippen LogP contribution in [0, 0.1) is 0 Å². The summed E-state index contributed by atoms with van der Waals surface area (Å²) in [6.07, 6.45) is 4.08. The molecule has 0 radical (unpaired) electrons. The topological polar surface area (TPSA) is 15.3 Å². The molecule has 0 bridgehead atoms. The lowest BCUT2D eigenvalue weighted by molar-refractivity contribution is 0.317. The Bertz CT molecular complexity index is 434. The van der Waals surface area contributed by atoms with Gasteiger partial charge in [-0.2, -0.15) is 0 Å². The molecule has 2 nitrogen and oxygen atoms in total. The van der Waals surface area contributed by atoms with E-state index in [9.17, 15) is 0 Å². The van der Waals surface area contributed by atoms with Crippen LogP contribution in [0.4, 0.5) is 0 Å². The van der Waals surface area contributed by atoms with Crippen molar-refractivity contribution in [3.05, 3.63) is 33.3 Å². The molecule has 1 aliphatic heterocycles. The maximum absolute atomic E-state index is 6.22. The molecule has 0 spiro atoms. The molecule has 0 aromatic heterocycles. The minimum atomic E-state index is 0.630. The van der Waals surface area contributed by atoms with Crippen molar-refractivity contribution in [2.24, 2.45) is 0 Å². The van der Waals surface area contributed by atoms with E-state index < -0.39 is 0 Å². The highest BCUT2D eigenvalue weighted by molar-refractivity contribution is 9.10. The molecule has 1 heterocycles. The molecule has 1 saturated heterocycles. The number of nitrogens with one attached hydrogen (secondary N) is 1. The summed E-state index contributed by atoms with van der Waals surface area (Å²) in [4.78, 5) is 2.63. The Morgan fingerprint density at radius 2 is 2.17 bits per heavy atom. The molecule has 1 unspecified atom stereocenters. The number of halogens is 2. The highest BCUT2D eigenvalue weighted by atomic mass is 79.9. The maximum atomic E-state index is 6.22. The first-order valence-electron chi connectivity index (χ1n) is 6.64. The van der Waals surface area contributed by atoms with Gasteiger partial charge in [0, 0.05) is 41.2 Å². The fourth-order valence-electron chi connectivity index (χ4n) is 2.64. The predicted octanol–water partition coefficient (Wildman–Crippen LogP) is 3.43. The summed E-state index contributed by atoms with van der Waals surface area (Å²) < 4.78 is 1.04. The Labute approximate surface area is 122 Å². The second kappa shape index (κ2) is 5.49. The minimum absolute atomic E-state index is 0.630. The van der Waals surface area contributed by atoms with Crippen LogP contribution in [0.15, 0.2) is 22.7 Å². The van der Waals surface area contributed by atoms with E-state index in [1.807, 2.05) is 12.1 Å². The molecule has 1 N–H and O–H groups in total. The fourth-order valence-corrected chi connectivity index (χ4v) is 3.38. The summed E-state index contributed by atoms with van der Waals surface area (Å²) in [6, 6.07) is 7.63. The Kier molecular flexibility index (Phi) is 3.94. The summed E-state index contributed by atoms with van der Waals surface area (Å²) in [6.45, 7) is 3.34. The number of hydrogen-bond acceptors (Lipinski definition) is 2. The quantitative estimate of drug-likeness (QED) is 0.910. The zero-order valence-corrected chi connectivity index (χ0v) is 12.7. The van der Waals surface area contributed by atoms with Gasteiger partial charge < -0.3 is 5.32 Å². The monoisotopic (exact) mass is 328 g/mol. The van der Waals surface area contributed by atoms with Gasteiger partial charge in [-0.05, 0) is 37.0 Å². The molecule has 2 aliphatic rings. The van der Waals surface area contributed by atoms with Gasteiger partial charge in [-0.1, -0.05) is 33.6 Å². The smallest absolute Gasteiger partial charge is 0.0462 e. The van der Waals surface area contributed by atoms with Gasteiger partial charge in [0.05, 0.1) is 0 Å². The van der Waals surface area contributed by atoms with Crippen molar-refractivity contribution in [3.63, 3.8) is 0 Å². The number of rotatable bonds is 4. The molecular formula is C14H18BrClN2. The number of hydrogen-bond donors (Lipinski definition) is 1. The first-order chi connectivity index (χ1) is 8.72. The first kappa shape index (κ1) is 12.9. The lowest BCUT2D eigenvalue weighted by Gasteiger charge is -2.16. The van der Waals surface area contributed by atoms with Crippen molar-refractivity contribution < 1.29 is 0 Å². The van der Waals surface area contributed by atoms with Gasteiger partial charge >= 0.3 is 0 Å². The van der Waals surface area contributed by atoms with Crippen LogP contribution in [0.2, 0.25) is 5.02 Å². The van der Waals surface area contributed by atoms with E-state index in [1.165, 1.54) is 37.9 Å². The average Bonchev–Trinajstić information content (AvgIpc) is 3.08. The van der Waals surface area contributed by atoms with Gasteiger partial charge in [-0.3, -0.25) is 4.90 Å². The summed E-state index contributed by atoms with van der Waals surface area (Å²) in [5.41, 5.74) is 1.18. The third-order valence-electron chi connectivity index (χ3n) is 3.88. The van der Waals surface area contributed by atoms with Gasteiger partial charge in [-0.25, -0.2) is 0 Å². The van der Waals surface area contributed by atoms with E-state index in [4.69, 9.17) is 11.6 Å². The highest BCUT2D eigenvalue weighted by Gasteiger charge is 2.34. The molecule has 1 aromatic carbocycles. The van der Waals surface area contributed by atoms with Crippen molar-refractivity contribution in [3.8, 4) is 0 Å². The predicted molar refractivity (Wildman–Crippen MR) is 79.0 cm³/mol. The van der Waals surface area contributed by atoms with Gasteiger partial charge in [0.2, 0.25) is 0 Å². The van der Waals surface area contributed by atoms with E-state index in [0.29, 0.717) is 6.04 Å². The summed E-state index contributed by atoms with van der Waals surface area (Å²) in [7, 11) is 0. The highest BCUT2D eigenvalue weighted by Crippen LogP contribution is 2.30. The van der Waals surface area contributed by atoms with Crippen molar-refractivity contribution in [2.45, 2.75) is 37.9 Å². The van der Waals surface area contributed by atoms with Crippen LogP contribution in [0.25, 0.3) is 0 Å². The van der Waals surface area contributed by atoms with Crippen molar-refractivity contribution in [1.29, 1.82) is 0 Å². The normalized spacial score (nSPS) is 24.7. The van der Waals surface area contributed by atoms with Crippen LogP contribution in [0.3, 0.4) is 0 Å². The lowest BCUT2D eigenvalue weighted by Crippen LogP contribution is -2.32. The van der Waals surface area contributed by atoms with Crippen molar-refractivity contribution in [2.75, 3.05) is 13.1 Å². The van der Waals surface area contributed by atoms with Crippen LogP contribution in [-0.4, -0.2) is 30.1 Å². The number of nitrogens with zero attached hydrogens (tertiary/aromatic N) is 1. The van der Waals surface area contributed by atoms with E-state index in [2.05, 4.69) is 32.2 Å². The number of likely N-dealkylation sites (tertiary alicyclic amines) is 1. The maximum Gasteiger partial charge on any atom is 0.0462 e. The van der Waals surface area contributed by atoms with Crippen LogP contribution >= 0.6 is 27.5 Å². The molecule has 1 atom stereocenters. The molecule has 2 fully saturated rings. The Balaban J connectivity index is 1.51. The SMILES string of the molecule is Clc1cc(Br)ccc1CNC1CCN(C2CC2)C1. The minimum Gasteiger partial charge on any atom is -0.309 e. The van der Waals surface area contributed by atoms with Gasteiger partial charge in [0.15, 0.2) is 0 Å². The third kappa shape index (κ3) is 3.08. The standard InChI is InChI=1S/C14H18BrClN2/c15-11-2-1-10(14(16)7-11)8-17-12-5-6-18(9-12)13-3-4-13/h1-2,7,12-13,17H,3-6,8-9H2. The third-order valence-corrected chi connectivity index (χ3v) is 4.72. The molecule has 4 heteroatoms. The van der Waals surface area contributed by atoms with Crippen LogP contribution < -0.4 is 5.32 Å². The lowest BCUT2D eigenvalue weighted by atomic mass is 10.2. The summed E-state index contributed by atoms with van der Waals surface area (Å²) in [5, 5.41) is 4.47. The average molecular weight is 330 g/mol. The van der Waals surface area contributed by atoms with E-state index in [0.717, 1.165) is 22.1 Å². The molecule has 98 valence electrons. The first-order valence-corrected chi connectivity index (χ1v) is 7.81. The van der Waals surface area contributed by atoms with E-state index in [1.54, 1.807) is 0 Å². The second-order valence-electron chi connectivity index (χ2n) is 5.33. The summed E-state index contributed by atoms with van der Waals surface area (Å²) >= 11 is 9.66. The van der Waals surface area contributed by atoms with Crippen LogP contribution in [-0.2, 0) is 6.54 Å². The molecule has 1 saturated carbocycles. The van der Waals surface area contributed by atoms with Crippen molar-refractivity contribution >= 4 is 27.5 Å². The second-order valence-corrected chi connectivity index (χ2v) is 6.65. The largest absolute Gasteiger partial charge is 0.309 e. The van der Waals surface area contributed by atoms with Gasteiger partial charge in [0.1, 0.15) is 0 Å². The Hall–Kier alpha value is -0.0900. The Morgan fingerprint density at radius 3 is 2.89 bits per heavy atom. The zero-order valence-electron chi connectivity index (χ0n) is 10.3. The number of benzene rings is 1. The van der Waals surface area contributed by atoms with Crippen LogP contribution in [0.5, 0.6) is 0 Å². The molecule has 1 aliphatic carbocycles. The summed E-state index contributed by atoms with van der Waals surface area (Å²) in [5.74, 6) is 0. The van der Waals surface area contributed by atoms with Gasteiger partial charge in [0.25, 0.3) is 0 Å². The molecule has 0 amide bonds. The molecule has 1 aromatic rings. The van der Waals surface area contributed by atoms with E-state index >= 15 is 0 Å². The van der Waals surface area contributed by atoms with Gasteiger partial charge in [-0.15, -0.1) is 0 Å². The Morgan fingerprint density at radius 1 is 1.33 bits per heavy atom.